The first kappa shape index (κ1) is 11.5. The molecule has 1 rings (SSSR count). The van der Waals surface area contributed by atoms with Gasteiger partial charge in [-0.3, -0.25) is 0 Å². The zero-order valence-corrected chi connectivity index (χ0v) is 8.56. The highest BCUT2D eigenvalue weighted by atomic mass is 17.2. The highest BCUT2D eigenvalue weighted by molar-refractivity contribution is 5.89. The maximum Gasteiger partial charge on any atom is 0.174 e. The van der Waals surface area contributed by atoms with Crippen LogP contribution in [0.4, 0.5) is 0 Å². The molecule has 0 spiro atoms. The van der Waals surface area contributed by atoms with Crippen LogP contribution in [-0.2, 0) is 4.89 Å². The number of unbranched alkanes of at least 4 members (excludes halogenated alkanes) is 1. The molecule has 0 N–H and O–H groups in total. The van der Waals surface area contributed by atoms with Crippen molar-refractivity contribution in [2.24, 2.45) is 0 Å². The van der Waals surface area contributed by atoms with E-state index in [0.717, 1.165) is 12.8 Å². The third-order valence-electron chi connectivity index (χ3n) is 1.84. The van der Waals surface area contributed by atoms with Crippen LogP contribution in [0.5, 0.6) is 5.75 Å². The third-order valence-corrected chi connectivity index (χ3v) is 1.84. The summed E-state index contributed by atoms with van der Waals surface area (Å²) in [7, 11) is 0. The minimum absolute atomic E-state index is 0.00556. The molecule has 0 unspecified atom stereocenters. The van der Waals surface area contributed by atoms with Crippen molar-refractivity contribution < 1.29 is 19.7 Å². The summed E-state index contributed by atoms with van der Waals surface area (Å²) in [5.74, 6) is -1.10. The standard InChI is InChI=1S/C11H14O4/c1-2-3-8-14-15-10-7-5-4-6-9(10)11(12)13/h4-7H,2-3,8H2,1H3,(H,12,13)/p-1. The molecular formula is C11H13O4-. The fourth-order valence-electron chi connectivity index (χ4n) is 1.02. The predicted molar refractivity (Wildman–Crippen MR) is 52.3 cm³/mol. The van der Waals surface area contributed by atoms with Crippen LogP contribution >= 0.6 is 0 Å². The number of carboxylic acid groups (broad SMARTS) is 1. The predicted octanol–water partition coefficient (Wildman–Crippen LogP) is 1.16. The van der Waals surface area contributed by atoms with E-state index in [-0.39, 0.29) is 11.3 Å². The lowest BCUT2D eigenvalue weighted by Gasteiger charge is -2.09. The van der Waals surface area contributed by atoms with Crippen molar-refractivity contribution in [1.82, 2.24) is 0 Å². The summed E-state index contributed by atoms with van der Waals surface area (Å²) in [5, 5.41) is 10.7. The molecule has 0 aliphatic carbocycles. The minimum Gasteiger partial charge on any atom is -0.545 e. The Morgan fingerprint density at radius 2 is 2.13 bits per heavy atom. The fraction of sp³-hybridized carbons (Fsp3) is 0.364. The number of hydrogen-bond donors (Lipinski definition) is 0. The number of aromatic carboxylic acids is 1. The molecule has 0 saturated heterocycles. The van der Waals surface area contributed by atoms with Gasteiger partial charge >= 0.3 is 0 Å². The topological polar surface area (TPSA) is 58.6 Å². The normalized spacial score (nSPS) is 9.93. The monoisotopic (exact) mass is 209 g/mol. The van der Waals surface area contributed by atoms with Crippen molar-refractivity contribution in [2.75, 3.05) is 6.61 Å². The summed E-state index contributed by atoms with van der Waals surface area (Å²) >= 11 is 0. The Hall–Kier alpha value is -1.55. The van der Waals surface area contributed by atoms with Gasteiger partial charge in [-0.1, -0.05) is 25.5 Å². The number of benzene rings is 1. The number of para-hydroxylation sites is 1. The van der Waals surface area contributed by atoms with Crippen LogP contribution < -0.4 is 9.99 Å². The van der Waals surface area contributed by atoms with Gasteiger partial charge in [-0.05, 0) is 18.6 Å². The van der Waals surface area contributed by atoms with Crippen LogP contribution in [0.2, 0.25) is 0 Å². The van der Waals surface area contributed by atoms with Crippen molar-refractivity contribution in [1.29, 1.82) is 0 Å². The summed E-state index contributed by atoms with van der Waals surface area (Å²) in [6.07, 6.45) is 1.86. The number of carbonyl (C=O) groups is 1. The quantitative estimate of drug-likeness (QED) is 0.401. The average molecular weight is 209 g/mol. The molecule has 0 atom stereocenters. The molecule has 4 heteroatoms. The molecule has 15 heavy (non-hydrogen) atoms. The van der Waals surface area contributed by atoms with E-state index in [1.54, 1.807) is 12.1 Å². The van der Waals surface area contributed by atoms with E-state index >= 15 is 0 Å². The second-order valence-corrected chi connectivity index (χ2v) is 3.04. The van der Waals surface area contributed by atoms with Gasteiger partial charge in [0.05, 0.1) is 12.6 Å². The van der Waals surface area contributed by atoms with E-state index in [0.29, 0.717) is 6.61 Å². The molecule has 0 fully saturated rings. The molecule has 0 aliphatic rings. The van der Waals surface area contributed by atoms with Gasteiger partial charge in [-0.25, -0.2) is 0 Å². The van der Waals surface area contributed by atoms with Gasteiger partial charge in [-0.2, -0.15) is 4.89 Å². The highest BCUT2D eigenvalue weighted by Gasteiger charge is 2.04. The molecule has 0 heterocycles. The van der Waals surface area contributed by atoms with Gasteiger partial charge in [-0.15, -0.1) is 0 Å². The minimum atomic E-state index is -1.27. The summed E-state index contributed by atoms with van der Waals surface area (Å²) in [5.41, 5.74) is -0.00556. The molecule has 0 amide bonds. The highest BCUT2D eigenvalue weighted by Crippen LogP contribution is 2.17. The lowest BCUT2D eigenvalue weighted by molar-refractivity contribution is -0.256. The molecule has 0 radical (unpaired) electrons. The van der Waals surface area contributed by atoms with Crippen LogP contribution in [-0.4, -0.2) is 12.6 Å². The molecule has 0 saturated carbocycles. The average Bonchev–Trinajstić information content (AvgIpc) is 2.25. The number of rotatable bonds is 6. The van der Waals surface area contributed by atoms with Gasteiger partial charge in [0, 0.05) is 5.56 Å². The summed E-state index contributed by atoms with van der Waals surface area (Å²) in [6.45, 7) is 2.47. The molecular weight excluding hydrogens is 196 g/mol. The Morgan fingerprint density at radius 1 is 1.40 bits per heavy atom. The van der Waals surface area contributed by atoms with E-state index in [1.807, 2.05) is 6.92 Å². The van der Waals surface area contributed by atoms with Crippen molar-refractivity contribution in [3.8, 4) is 5.75 Å². The Morgan fingerprint density at radius 3 is 2.80 bits per heavy atom. The van der Waals surface area contributed by atoms with Gasteiger partial charge in [0.1, 0.15) is 0 Å². The van der Waals surface area contributed by atoms with Crippen LogP contribution in [0.25, 0.3) is 0 Å². The van der Waals surface area contributed by atoms with Gasteiger partial charge < -0.3 is 14.8 Å². The molecule has 82 valence electrons. The van der Waals surface area contributed by atoms with Crippen LogP contribution in [0, 0.1) is 0 Å². The van der Waals surface area contributed by atoms with Crippen LogP contribution in [0.1, 0.15) is 30.1 Å². The smallest absolute Gasteiger partial charge is 0.174 e. The second kappa shape index (κ2) is 6.03. The summed E-state index contributed by atoms with van der Waals surface area (Å²) < 4.78 is 0. The molecule has 1 aromatic carbocycles. The Kier molecular flexibility index (Phi) is 4.63. The first-order valence-electron chi connectivity index (χ1n) is 4.85. The van der Waals surface area contributed by atoms with Crippen LogP contribution in [0.3, 0.4) is 0 Å². The number of carboxylic acids is 1. The van der Waals surface area contributed by atoms with Gasteiger partial charge in [0.2, 0.25) is 0 Å². The molecule has 0 aliphatic heterocycles. The van der Waals surface area contributed by atoms with E-state index < -0.39 is 5.97 Å². The largest absolute Gasteiger partial charge is 0.545 e. The first-order chi connectivity index (χ1) is 7.25. The molecule has 1 aromatic rings. The maximum atomic E-state index is 10.7. The lowest BCUT2D eigenvalue weighted by atomic mass is 10.2. The zero-order chi connectivity index (χ0) is 11.1. The van der Waals surface area contributed by atoms with Gasteiger partial charge in [0.15, 0.2) is 5.75 Å². The first-order valence-corrected chi connectivity index (χ1v) is 4.85. The van der Waals surface area contributed by atoms with Gasteiger partial charge in [0.25, 0.3) is 0 Å². The van der Waals surface area contributed by atoms with E-state index in [4.69, 9.17) is 9.78 Å². The van der Waals surface area contributed by atoms with Crippen molar-refractivity contribution in [2.45, 2.75) is 19.8 Å². The Bertz CT molecular complexity index is 322. The Labute approximate surface area is 88.4 Å². The maximum absolute atomic E-state index is 10.7. The van der Waals surface area contributed by atoms with Crippen LogP contribution in [0.15, 0.2) is 24.3 Å². The molecule has 0 bridgehead atoms. The fourth-order valence-corrected chi connectivity index (χ4v) is 1.02. The molecule has 0 aromatic heterocycles. The number of carbonyl (C=O) groups excluding carboxylic acids is 1. The van der Waals surface area contributed by atoms with E-state index in [2.05, 4.69) is 0 Å². The summed E-state index contributed by atoms with van der Waals surface area (Å²) in [4.78, 5) is 20.4. The second-order valence-electron chi connectivity index (χ2n) is 3.04. The molecule has 4 nitrogen and oxygen atoms in total. The lowest BCUT2D eigenvalue weighted by Crippen LogP contribution is -2.23. The van der Waals surface area contributed by atoms with E-state index in [9.17, 15) is 9.90 Å². The number of hydrogen-bond acceptors (Lipinski definition) is 4. The van der Waals surface area contributed by atoms with Crippen molar-refractivity contribution >= 4 is 5.97 Å². The third kappa shape index (κ3) is 3.59. The zero-order valence-electron chi connectivity index (χ0n) is 8.56. The SMILES string of the molecule is CCCCOOc1ccccc1C(=O)[O-]. The van der Waals surface area contributed by atoms with E-state index in [1.165, 1.54) is 12.1 Å². The van der Waals surface area contributed by atoms with Crippen molar-refractivity contribution in [3.05, 3.63) is 29.8 Å². The van der Waals surface area contributed by atoms with Crippen molar-refractivity contribution in [3.63, 3.8) is 0 Å². The summed E-state index contributed by atoms with van der Waals surface area (Å²) in [6, 6.07) is 6.21. The Balaban J connectivity index is 2.56.